The molecule has 10 heteroatoms. The maximum atomic E-state index is 13.4. The normalized spacial score (nSPS) is 14.1. The summed E-state index contributed by atoms with van der Waals surface area (Å²) < 4.78 is 0. The van der Waals surface area contributed by atoms with Crippen LogP contribution < -0.4 is 21.7 Å². The van der Waals surface area contributed by atoms with Crippen LogP contribution in [0.25, 0.3) is 0 Å². The van der Waals surface area contributed by atoms with Gasteiger partial charge in [-0.2, -0.15) is 11.8 Å². The van der Waals surface area contributed by atoms with Crippen molar-refractivity contribution >= 4 is 35.5 Å². The molecule has 3 amide bonds. The number of hydrogen-bond acceptors (Lipinski definition) is 6. The Kier molecular flexibility index (Phi) is 13.5. The minimum Gasteiger partial charge on any atom is -0.480 e. The third kappa shape index (κ3) is 11.5. The second kappa shape index (κ2) is 16.6. The highest BCUT2D eigenvalue weighted by atomic mass is 32.2. The number of rotatable bonds is 16. The number of hydrogen-bond donors (Lipinski definition) is 5. The average Bonchev–Trinajstić information content (AvgIpc) is 2.90. The molecule has 0 saturated heterocycles. The van der Waals surface area contributed by atoms with Gasteiger partial charge < -0.3 is 26.8 Å². The number of carbonyl (C=O) groups is 4. The minimum absolute atomic E-state index is 0.0655. The lowest BCUT2D eigenvalue weighted by Crippen LogP contribution is -2.58. The van der Waals surface area contributed by atoms with Crippen molar-refractivity contribution in [3.63, 3.8) is 0 Å². The summed E-state index contributed by atoms with van der Waals surface area (Å²) in [6.07, 6.45) is 2.91. The number of nitrogens with two attached hydrogens (primary N) is 1. The van der Waals surface area contributed by atoms with Crippen molar-refractivity contribution in [2.45, 2.75) is 63.7 Å². The topological polar surface area (TPSA) is 151 Å². The zero-order valence-electron chi connectivity index (χ0n) is 22.8. The molecule has 2 rings (SSSR count). The summed E-state index contributed by atoms with van der Waals surface area (Å²) in [5.41, 5.74) is 7.83. The van der Waals surface area contributed by atoms with Crippen LogP contribution in [-0.4, -0.2) is 65.0 Å². The van der Waals surface area contributed by atoms with Gasteiger partial charge in [-0.15, -0.1) is 0 Å². The number of nitrogens with one attached hydrogen (secondary N) is 3. The Labute approximate surface area is 234 Å². The number of amides is 3. The lowest BCUT2D eigenvalue weighted by atomic mass is 10.00. The van der Waals surface area contributed by atoms with Gasteiger partial charge in [0.15, 0.2) is 0 Å². The maximum absolute atomic E-state index is 13.4. The lowest BCUT2D eigenvalue weighted by molar-refractivity contribution is -0.142. The third-order valence-corrected chi connectivity index (χ3v) is 6.76. The van der Waals surface area contributed by atoms with Crippen LogP contribution >= 0.6 is 11.8 Å². The van der Waals surface area contributed by atoms with E-state index in [9.17, 15) is 24.3 Å². The molecule has 39 heavy (non-hydrogen) atoms. The fourth-order valence-electron chi connectivity index (χ4n) is 4.04. The van der Waals surface area contributed by atoms with E-state index < -0.39 is 47.9 Å². The number of thioether (sulfide) groups is 1. The van der Waals surface area contributed by atoms with E-state index in [4.69, 9.17) is 5.73 Å². The molecule has 0 aliphatic heterocycles. The predicted octanol–water partition coefficient (Wildman–Crippen LogP) is 2.14. The molecule has 212 valence electrons. The smallest absolute Gasteiger partial charge is 0.326 e. The van der Waals surface area contributed by atoms with E-state index in [-0.39, 0.29) is 18.8 Å². The van der Waals surface area contributed by atoms with Gasteiger partial charge in [-0.05, 0) is 48.3 Å². The number of carboxylic acid groups (broad SMARTS) is 1. The molecule has 2 aromatic carbocycles. The molecule has 9 nitrogen and oxygen atoms in total. The van der Waals surface area contributed by atoms with Crippen molar-refractivity contribution in [1.82, 2.24) is 16.0 Å². The molecular formula is C29H40N4O5S. The molecule has 0 fully saturated rings. The molecule has 2 aromatic rings. The van der Waals surface area contributed by atoms with E-state index >= 15 is 0 Å². The highest BCUT2D eigenvalue weighted by Gasteiger charge is 2.30. The third-order valence-electron chi connectivity index (χ3n) is 6.12. The number of aliphatic carboxylic acids is 1. The van der Waals surface area contributed by atoms with Gasteiger partial charge in [0, 0.05) is 6.42 Å². The SMILES string of the molecule is CSCCC(NC(=O)C(Cc1ccccc1)NC(=O)C(CC(C)C)NC(=O)C(N)Cc1ccccc1)C(=O)O. The lowest BCUT2D eigenvalue weighted by Gasteiger charge is -2.26. The second-order valence-electron chi connectivity index (χ2n) is 9.92. The van der Waals surface area contributed by atoms with Crippen molar-refractivity contribution in [2.75, 3.05) is 12.0 Å². The summed E-state index contributed by atoms with van der Waals surface area (Å²) in [4.78, 5) is 51.3. The zero-order valence-corrected chi connectivity index (χ0v) is 23.6. The Morgan fingerprint density at radius 1 is 0.769 bits per heavy atom. The average molecular weight is 557 g/mol. The molecule has 4 atom stereocenters. The van der Waals surface area contributed by atoms with Gasteiger partial charge in [0.2, 0.25) is 17.7 Å². The van der Waals surface area contributed by atoms with Gasteiger partial charge in [0.25, 0.3) is 0 Å². The van der Waals surface area contributed by atoms with E-state index in [1.54, 1.807) is 0 Å². The van der Waals surface area contributed by atoms with Gasteiger partial charge in [-0.25, -0.2) is 4.79 Å². The molecule has 0 radical (unpaired) electrons. The highest BCUT2D eigenvalue weighted by molar-refractivity contribution is 7.98. The molecule has 0 saturated carbocycles. The number of carboxylic acids is 1. The van der Waals surface area contributed by atoms with Crippen LogP contribution in [0.2, 0.25) is 0 Å². The molecule has 0 aliphatic rings. The van der Waals surface area contributed by atoms with Crippen LogP contribution in [0.1, 0.15) is 37.8 Å². The van der Waals surface area contributed by atoms with E-state index in [1.165, 1.54) is 11.8 Å². The Bertz CT molecular complexity index is 1070. The Morgan fingerprint density at radius 2 is 1.26 bits per heavy atom. The Balaban J connectivity index is 2.18. The summed E-state index contributed by atoms with van der Waals surface area (Å²) in [7, 11) is 0. The quantitative estimate of drug-likeness (QED) is 0.213. The molecular weight excluding hydrogens is 516 g/mol. The Hall–Kier alpha value is -3.37. The summed E-state index contributed by atoms with van der Waals surface area (Å²) in [6.45, 7) is 3.85. The van der Waals surface area contributed by atoms with Crippen LogP contribution in [0.15, 0.2) is 60.7 Å². The molecule has 0 spiro atoms. The van der Waals surface area contributed by atoms with E-state index in [0.717, 1.165) is 11.1 Å². The summed E-state index contributed by atoms with van der Waals surface area (Å²) >= 11 is 1.48. The van der Waals surface area contributed by atoms with Crippen LogP contribution in [0, 0.1) is 5.92 Å². The van der Waals surface area contributed by atoms with Gasteiger partial charge in [-0.1, -0.05) is 74.5 Å². The van der Waals surface area contributed by atoms with Gasteiger partial charge in [-0.3, -0.25) is 14.4 Å². The van der Waals surface area contributed by atoms with Crippen molar-refractivity contribution < 1.29 is 24.3 Å². The molecule has 0 aromatic heterocycles. The first-order valence-corrected chi connectivity index (χ1v) is 14.5. The summed E-state index contributed by atoms with van der Waals surface area (Å²) in [5, 5.41) is 17.7. The molecule has 0 bridgehead atoms. The first-order valence-electron chi connectivity index (χ1n) is 13.1. The maximum Gasteiger partial charge on any atom is 0.326 e. The van der Waals surface area contributed by atoms with E-state index in [2.05, 4.69) is 16.0 Å². The number of carbonyl (C=O) groups excluding carboxylic acids is 3. The van der Waals surface area contributed by atoms with Crippen LogP contribution in [0.5, 0.6) is 0 Å². The minimum atomic E-state index is -1.14. The predicted molar refractivity (Wildman–Crippen MR) is 154 cm³/mol. The van der Waals surface area contributed by atoms with Gasteiger partial charge in [0.1, 0.15) is 18.1 Å². The molecule has 0 aliphatic carbocycles. The van der Waals surface area contributed by atoms with Crippen molar-refractivity contribution in [3.05, 3.63) is 71.8 Å². The standard InChI is InChI=1S/C29H40N4O5S/c1-19(2)16-24(32-26(34)22(30)17-20-10-6-4-7-11-20)27(35)33-25(18-21-12-8-5-9-13-21)28(36)31-23(29(37)38)14-15-39-3/h4-13,19,22-25H,14-18,30H2,1-3H3,(H,31,36)(H,32,34)(H,33,35)(H,37,38). The van der Waals surface area contributed by atoms with Crippen molar-refractivity contribution in [1.29, 1.82) is 0 Å². The zero-order chi connectivity index (χ0) is 28.8. The largest absolute Gasteiger partial charge is 0.480 e. The van der Waals surface area contributed by atoms with Gasteiger partial charge >= 0.3 is 5.97 Å². The van der Waals surface area contributed by atoms with Crippen LogP contribution in [0.4, 0.5) is 0 Å². The van der Waals surface area contributed by atoms with Gasteiger partial charge in [0.05, 0.1) is 6.04 Å². The summed E-state index contributed by atoms with van der Waals surface area (Å²) in [5.74, 6) is -2.12. The van der Waals surface area contributed by atoms with Crippen LogP contribution in [0.3, 0.4) is 0 Å². The first kappa shape index (κ1) is 31.8. The Morgan fingerprint density at radius 3 is 1.77 bits per heavy atom. The summed E-state index contributed by atoms with van der Waals surface area (Å²) in [6, 6.07) is 14.6. The monoisotopic (exact) mass is 556 g/mol. The van der Waals surface area contributed by atoms with E-state index in [1.807, 2.05) is 80.8 Å². The highest BCUT2D eigenvalue weighted by Crippen LogP contribution is 2.10. The van der Waals surface area contributed by atoms with Crippen molar-refractivity contribution in [2.24, 2.45) is 11.7 Å². The molecule has 4 unspecified atom stereocenters. The van der Waals surface area contributed by atoms with Crippen LogP contribution in [-0.2, 0) is 32.0 Å². The van der Waals surface area contributed by atoms with Crippen molar-refractivity contribution in [3.8, 4) is 0 Å². The molecule has 6 N–H and O–H groups in total. The fourth-order valence-corrected chi connectivity index (χ4v) is 4.51. The second-order valence-corrected chi connectivity index (χ2v) is 10.9. The molecule has 0 heterocycles. The fraction of sp³-hybridized carbons (Fsp3) is 0.448. The van der Waals surface area contributed by atoms with E-state index in [0.29, 0.717) is 18.6 Å². The first-order chi connectivity index (χ1) is 18.6. The number of benzene rings is 2.